The van der Waals surface area contributed by atoms with Crippen LogP contribution in [0.2, 0.25) is 5.02 Å². The number of carbonyl (C=O) groups is 2. The topological polar surface area (TPSA) is 58.2 Å². The molecule has 2 rings (SSSR count). The van der Waals surface area contributed by atoms with Gasteiger partial charge in [-0.25, -0.2) is 0 Å². The van der Waals surface area contributed by atoms with Gasteiger partial charge in [0.1, 0.15) is 0 Å². The summed E-state index contributed by atoms with van der Waals surface area (Å²) < 4.78 is 0. The zero-order valence-corrected chi connectivity index (χ0v) is 14.6. The minimum atomic E-state index is -0.693. The number of hydrogen-bond acceptors (Lipinski definition) is 2. The van der Waals surface area contributed by atoms with E-state index in [0.29, 0.717) is 10.7 Å². The first-order chi connectivity index (χ1) is 11.5. The number of carbonyl (C=O) groups excluding carboxylic acids is 2. The fourth-order valence-electron chi connectivity index (χ4n) is 2.25. The summed E-state index contributed by atoms with van der Waals surface area (Å²) in [7, 11) is 0. The molecule has 2 aromatic rings. The first kappa shape index (κ1) is 18.0. The Balaban J connectivity index is 1.82. The number of benzene rings is 2. The Bertz CT molecular complexity index is 717. The van der Waals surface area contributed by atoms with Gasteiger partial charge in [-0.1, -0.05) is 48.0 Å². The number of nitrogens with one attached hydrogen (secondary N) is 2. The second kappa shape index (κ2) is 8.50. The molecule has 0 saturated heterocycles. The van der Waals surface area contributed by atoms with E-state index in [1.54, 1.807) is 18.2 Å². The van der Waals surface area contributed by atoms with E-state index in [1.807, 2.05) is 44.2 Å². The van der Waals surface area contributed by atoms with E-state index in [4.69, 9.17) is 11.6 Å². The first-order valence-corrected chi connectivity index (χ1v) is 8.25. The van der Waals surface area contributed by atoms with Crippen molar-refractivity contribution in [3.63, 3.8) is 0 Å². The zero-order chi connectivity index (χ0) is 17.5. The van der Waals surface area contributed by atoms with Gasteiger partial charge in [-0.05, 0) is 49.9 Å². The Morgan fingerprint density at radius 1 is 1.08 bits per heavy atom. The third-order valence-electron chi connectivity index (χ3n) is 3.72. The van der Waals surface area contributed by atoms with E-state index >= 15 is 0 Å². The van der Waals surface area contributed by atoms with Crippen LogP contribution in [0.5, 0.6) is 0 Å². The minimum absolute atomic E-state index is 0.0925. The number of hydrogen-bond donors (Lipinski definition) is 2. The van der Waals surface area contributed by atoms with Gasteiger partial charge in [0.2, 0.25) is 0 Å². The quantitative estimate of drug-likeness (QED) is 0.812. The second-order valence-electron chi connectivity index (χ2n) is 5.82. The Kier molecular flexibility index (Phi) is 6.38. The van der Waals surface area contributed by atoms with Gasteiger partial charge in [0.15, 0.2) is 0 Å². The predicted molar refractivity (Wildman–Crippen MR) is 97.2 cm³/mol. The summed E-state index contributed by atoms with van der Waals surface area (Å²) in [6.07, 6.45) is 1.61. The van der Waals surface area contributed by atoms with Gasteiger partial charge in [-0.3, -0.25) is 9.59 Å². The average molecular weight is 345 g/mol. The summed E-state index contributed by atoms with van der Waals surface area (Å²) in [5.74, 6) is -1.34. The van der Waals surface area contributed by atoms with Gasteiger partial charge in [-0.15, -0.1) is 0 Å². The van der Waals surface area contributed by atoms with Crippen LogP contribution in [0.1, 0.15) is 24.5 Å². The van der Waals surface area contributed by atoms with E-state index in [0.717, 1.165) is 18.4 Å². The van der Waals surface area contributed by atoms with Crippen molar-refractivity contribution in [1.29, 1.82) is 0 Å². The molecule has 2 aromatic carbocycles. The standard InChI is InChI=1S/C19H21ClN2O2/c1-13-8-11-16(12-17(13)20)22-19(24)18(23)21-14(2)9-10-15-6-4-3-5-7-15/h3-8,11-12,14H,9-10H2,1-2H3,(H,21,23)(H,22,24)/t14-/m1/s1. The maximum atomic E-state index is 12.0. The van der Waals surface area contributed by atoms with Gasteiger partial charge in [0.05, 0.1) is 0 Å². The van der Waals surface area contributed by atoms with Crippen LogP contribution in [-0.4, -0.2) is 17.9 Å². The van der Waals surface area contributed by atoms with Crippen LogP contribution in [0.4, 0.5) is 5.69 Å². The zero-order valence-electron chi connectivity index (χ0n) is 13.8. The Morgan fingerprint density at radius 3 is 2.46 bits per heavy atom. The number of amides is 2. The SMILES string of the molecule is Cc1ccc(NC(=O)C(=O)N[C@H](C)CCc2ccccc2)cc1Cl. The molecule has 24 heavy (non-hydrogen) atoms. The maximum Gasteiger partial charge on any atom is 0.313 e. The van der Waals surface area contributed by atoms with Crippen LogP contribution in [-0.2, 0) is 16.0 Å². The summed E-state index contributed by atoms with van der Waals surface area (Å²) in [6.45, 7) is 3.76. The van der Waals surface area contributed by atoms with E-state index in [1.165, 1.54) is 5.56 Å². The van der Waals surface area contributed by atoms with E-state index in [9.17, 15) is 9.59 Å². The summed E-state index contributed by atoms with van der Waals surface area (Å²) in [5, 5.41) is 5.81. The molecule has 4 nitrogen and oxygen atoms in total. The maximum absolute atomic E-state index is 12.0. The van der Waals surface area contributed by atoms with Crippen LogP contribution in [0.25, 0.3) is 0 Å². The van der Waals surface area contributed by atoms with Crippen molar-refractivity contribution in [2.45, 2.75) is 32.7 Å². The fraction of sp³-hybridized carbons (Fsp3) is 0.263. The highest BCUT2D eigenvalue weighted by atomic mass is 35.5. The lowest BCUT2D eigenvalue weighted by Gasteiger charge is -2.14. The molecule has 0 unspecified atom stereocenters. The van der Waals surface area contributed by atoms with Crippen LogP contribution < -0.4 is 10.6 Å². The van der Waals surface area contributed by atoms with Crippen molar-refractivity contribution in [1.82, 2.24) is 5.32 Å². The third-order valence-corrected chi connectivity index (χ3v) is 4.13. The molecule has 0 radical (unpaired) electrons. The molecule has 0 bridgehead atoms. The fourth-order valence-corrected chi connectivity index (χ4v) is 2.43. The van der Waals surface area contributed by atoms with Crippen molar-refractivity contribution >= 4 is 29.1 Å². The normalized spacial score (nSPS) is 11.6. The van der Waals surface area contributed by atoms with Crippen molar-refractivity contribution in [3.05, 3.63) is 64.7 Å². The number of aryl methyl sites for hydroxylation is 2. The van der Waals surface area contributed by atoms with Crippen LogP contribution >= 0.6 is 11.6 Å². The van der Waals surface area contributed by atoms with Crippen molar-refractivity contribution < 1.29 is 9.59 Å². The average Bonchev–Trinajstić information content (AvgIpc) is 2.57. The molecule has 2 amide bonds. The molecule has 0 aliphatic heterocycles. The lowest BCUT2D eigenvalue weighted by molar-refractivity contribution is -0.136. The molecule has 0 aliphatic carbocycles. The summed E-state index contributed by atoms with van der Waals surface area (Å²) in [6, 6.07) is 15.1. The summed E-state index contributed by atoms with van der Waals surface area (Å²) in [4.78, 5) is 23.9. The summed E-state index contributed by atoms with van der Waals surface area (Å²) in [5.41, 5.74) is 2.62. The molecule has 0 fully saturated rings. The van der Waals surface area contributed by atoms with Gasteiger partial charge < -0.3 is 10.6 Å². The number of rotatable bonds is 5. The monoisotopic (exact) mass is 344 g/mol. The molecule has 1 atom stereocenters. The lowest BCUT2D eigenvalue weighted by Crippen LogP contribution is -2.40. The van der Waals surface area contributed by atoms with Crippen molar-refractivity contribution in [2.75, 3.05) is 5.32 Å². The van der Waals surface area contributed by atoms with Gasteiger partial charge in [0.25, 0.3) is 0 Å². The highest BCUT2D eigenvalue weighted by Crippen LogP contribution is 2.19. The highest BCUT2D eigenvalue weighted by molar-refractivity contribution is 6.40. The van der Waals surface area contributed by atoms with Crippen LogP contribution in [0.15, 0.2) is 48.5 Å². The number of halogens is 1. The Morgan fingerprint density at radius 2 is 1.79 bits per heavy atom. The Hall–Kier alpha value is -2.33. The van der Waals surface area contributed by atoms with Crippen LogP contribution in [0.3, 0.4) is 0 Å². The van der Waals surface area contributed by atoms with Crippen molar-refractivity contribution in [3.8, 4) is 0 Å². The van der Waals surface area contributed by atoms with Gasteiger partial charge in [-0.2, -0.15) is 0 Å². The molecule has 0 aliphatic rings. The molecule has 0 aromatic heterocycles. The first-order valence-electron chi connectivity index (χ1n) is 7.87. The van der Waals surface area contributed by atoms with E-state index in [2.05, 4.69) is 10.6 Å². The molecule has 126 valence electrons. The van der Waals surface area contributed by atoms with Gasteiger partial charge >= 0.3 is 11.8 Å². The molecule has 0 saturated carbocycles. The second-order valence-corrected chi connectivity index (χ2v) is 6.22. The van der Waals surface area contributed by atoms with E-state index < -0.39 is 11.8 Å². The molecular weight excluding hydrogens is 324 g/mol. The summed E-state index contributed by atoms with van der Waals surface area (Å²) >= 11 is 6.01. The predicted octanol–water partition coefficient (Wildman–Crippen LogP) is 3.72. The lowest BCUT2D eigenvalue weighted by atomic mass is 10.1. The minimum Gasteiger partial charge on any atom is -0.345 e. The largest absolute Gasteiger partial charge is 0.345 e. The van der Waals surface area contributed by atoms with Gasteiger partial charge in [0, 0.05) is 16.8 Å². The third kappa shape index (κ3) is 5.39. The highest BCUT2D eigenvalue weighted by Gasteiger charge is 2.16. The van der Waals surface area contributed by atoms with Crippen LogP contribution in [0, 0.1) is 6.92 Å². The van der Waals surface area contributed by atoms with Crippen molar-refractivity contribution in [2.24, 2.45) is 0 Å². The molecule has 0 spiro atoms. The molecule has 5 heteroatoms. The number of anilines is 1. The molecule has 2 N–H and O–H groups in total. The smallest absolute Gasteiger partial charge is 0.313 e. The Labute approximate surface area is 147 Å². The molecular formula is C19H21ClN2O2. The van der Waals surface area contributed by atoms with E-state index in [-0.39, 0.29) is 6.04 Å². The molecule has 0 heterocycles.